The van der Waals surface area contributed by atoms with Crippen LogP contribution in [0.3, 0.4) is 0 Å². The quantitative estimate of drug-likeness (QED) is 0.846. The van der Waals surface area contributed by atoms with Gasteiger partial charge in [0.05, 0.1) is 17.6 Å². The zero-order valence-corrected chi connectivity index (χ0v) is 15.5. The average molecular weight is 373 g/mol. The van der Waals surface area contributed by atoms with Crippen molar-refractivity contribution in [3.05, 3.63) is 52.7 Å². The molecule has 1 aromatic heterocycles. The van der Waals surface area contributed by atoms with Crippen LogP contribution in [0.1, 0.15) is 30.5 Å². The summed E-state index contributed by atoms with van der Waals surface area (Å²) in [6.07, 6.45) is 2.77. The van der Waals surface area contributed by atoms with Gasteiger partial charge in [0.1, 0.15) is 5.82 Å². The second-order valence-electron chi connectivity index (χ2n) is 6.44. The number of amides is 2. The number of hydrogen-bond acceptors (Lipinski definition) is 4. The summed E-state index contributed by atoms with van der Waals surface area (Å²) in [7, 11) is 1.81. The molecule has 26 heavy (non-hydrogen) atoms. The Morgan fingerprint density at radius 3 is 2.88 bits per heavy atom. The van der Waals surface area contributed by atoms with Gasteiger partial charge in [0.15, 0.2) is 0 Å². The summed E-state index contributed by atoms with van der Waals surface area (Å²) < 4.78 is 0. The van der Waals surface area contributed by atoms with Crippen molar-refractivity contribution in [2.45, 2.75) is 25.8 Å². The van der Waals surface area contributed by atoms with Gasteiger partial charge in [-0.05, 0) is 42.7 Å². The lowest BCUT2D eigenvalue weighted by Crippen LogP contribution is -2.36. The van der Waals surface area contributed by atoms with Gasteiger partial charge in [0.25, 0.3) is 0 Å². The third-order valence-electron chi connectivity index (χ3n) is 4.39. The number of rotatable bonds is 5. The number of nitrogens with zero attached hydrogens (tertiary/aromatic N) is 2. The van der Waals surface area contributed by atoms with Crippen LogP contribution in [0.25, 0.3) is 0 Å². The molecule has 2 aromatic rings. The van der Waals surface area contributed by atoms with E-state index in [0.717, 1.165) is 23.2 Å². The molecule has 2 amide bonds. The van der Waals surface area contributed by atoms with E-state index >= 15 is 0 Å². The van der Waals surface area contributed by atoms with Crippen LogP contribution in [0.2, 0.25) is 5.02 Å². The molecule has 6 nitrogen and oxygen atoms in total. The van der Waals surface area contributed by atoms with Gasteiger partial charge in [-0.25, -0.2) is 4.98 Å². The van der Waals surface area contributed by atoms with E-state index in [1.54, 1.807) is 23.2 Å². The summed E-state index contributed by atoms with van der Waals surface area (Å²) in [5, 5.41) is 6.43. The van der Waals surface area contributed by atoms with Crippen molar-refractivity contribution in [1.82, 2.24) is 10.3 Å². The number of halogens is 1. The van der Waals surface area contributed by atoms with Crippen LogP contribution in [0.15, 0.2) is 36.5 Å². The molecule has 1 aromatic carbocycles. The van der Waals surface area contributed by atoms with E-state index in [-0.39, 0.29) is 24.4 Å². The molecule has 0 radical (unpaired) electrons. The van der Waals surface area contributed by atoms with E-state index in [1.165, 1.54) is 0 Å². The number of fused-ring (bicyclic) bond motifs is 1. The SMILES string of the molecule is CC(NC(=O)CN(C)c1ccc(Cl)cn1)c1ccc2c(c1)CCC(=O)N2. The van der Waals surface area contributed by atoms with Crippen LogP contribution in [0.4, 0.5) is 11.5 Å². The van der Waals surface area contributed by atoms with Crippen LogP contribution in [-0.4, -0.2) is 30.4 Å². The summed E-state index contributed by atoms with van der Waals surface area (Å²) >= 11 is 5.83. The zero-order valence-electron chi connectivity index (χ0n) is 14.8. The lowest BCUT2D eigenvalue weighted by atomic mass is 9.98. The number of likely N-dealkylation sites (N-methyl/N-ethyl adjacent to an activating group) is 1. The fourth-order valence-electron chi connectivity index (χ4n) is 2.93. The molecule has 1 aliphatic heterocycles. The Hall–Kier alpha value is -2.60. The summed E-state index contributed by atoms with van der Waals surface area (Å²) in [5.74, 6) is 0.634. The Morgan fingerprint density at radius 2 is 2.15 bits per heavy atom. The molecule has 2 N–H and O–H groups in total. The summed E-state index contributed by atoms with van der Waals surface area (Å²) in [5.41, 5.74) is 2.98. The minimum atomic E-state index is -0.128. The number of anilines is 2. The van der Waals surface area contributed by atoms with Crippen LogP contribution in [-0.2, 0) is 16.0 Å². The Morgan fingerprint density at radius 1 is 1.35 bits per heavy atom. The first-order valence-electron chi connectivity index (χ1n) is 8.47. The molecular weight excluding hydrogens is 352 g/mol. The monoisotopic (exact) mass is 372 g/mol. The van der Waals surface area contributed by atoms with E-state index in [9.17, 15) is 9.59 Å². The molecule has 0 saturated heterocycles. The normalized spacial score (nSPS) is 14.2. The van der Waals surface area contributed by atoms with E-state index in [2.05, 4.69) is 15.6 Å². The van der Waals surface area contributed by atoms with Crippen molar-refractivity contribution in [1.29, 1.82) is 0 Å². The van der Waals surface area contributed by atoms with Gasteiger partial charge in [0, 0.05) is 25.4 Å². The smallest absolute Gasteiger partial charge is 0.240 e. The third-order valence-corrected chi connectivity index (χ3v) is 4.61. The molecule has 0 saturated carbocycles. The first kappa shape index (κ1) is 18.2. The molecule has 0 spiro atoms. The molecule has 136 valence electrons. The number of hydrogen-bond donors (Lipinski definition) is 2. The van der Waals surface area contributed by atoms with Crippen molar-refractivity contribution in [2.24, 2.45) is 0 Å². The van der Waals surface area contributed by atoms with Gasteiger partial charge in [0.2, 0.25) is 11.8 Å². The molecule has 0 aliphatic carbocycles. The van der Waals surface area contributed by atoms with Crippen LogP contribution in [0, 0.1) is 0 Å². The molecule has 1 unspecified atom stereocenters. The van der Waals surface area contributed by atoms with Crippen molar-refractivity contribution in [3.63, 3.8) is 0 Å². The second kappa shape index (κ2) is 7.74. The number of carbonyl (C=O) groups excluding carboxylic acids is 2. The standard InChI is InChI=1S/C19H21ClN4O2/c1-12(13-3-6-16-14(9-13)4-8-18(25)23-16)22-19(26)11-24(2)17-7-5-15(20)10-21-17/h3,5-7,9-10,12H,4,8,11H2,1-2H3,(H,22,26)(H,23,25). The topological polar surface area (TPSA) is 74.3 Å². The largest absolute Gasteiger partial charge is 0.350 e. The van der Waals surface area contributed by atoms with E-state index in [4.69, 9.17) is 11.6 Å². The highest BCUT2D eigenvalue weighted by Gasteiger charge is 2.17. The Bertz CT molecular complexity index is 823. The maximum atomic E-state index is 12.3. The summed E-state index contributed by atoms with van der Waals surface area (Å²) in [4.78, 5) is 29.8. The van der Waals surface area contributed by atoms with E-state index < -0.39 is 0 Å². The van der Waals surface area contributed by atoms with Gasteiger partial charge in [-0.15, -0.1) is 0 Å². The van der Waals surface area contributed by atoms with Crippen molar-refractivity contribution >= 4 is 34.9 Å². The first-order valence-corrected chi connectivity index (χ1v) is 8.85. The Kier molecular flexibility index (Phi) is 5.42. The number of pyridine rings is 1. The minimum absolute atomic E-state index is 0.0467. The number of benzene rings is 1. The molecule has 0 fully saturated rings. The van der Waals surface area contributed by atoms with Gasteiger partial charge >= 0.3 is 0 Å². The Balaban J connectivity index is 1.60. The van der Waals surface area contributed by atoms with Crippen LogP contribution >= 0.6 is 11.6 Å². The van der Waals surface area contributed by atoms with Gasteiger partial charge in [-0.1, -0.05) is 23.7 Å². The predicted molar refractivity (Wildman–Crippen MR) is 102 cm³/mol. The zero-order chi connectivity index (χ0) is 18.7. The molecular formula is C19H21ClN4O2. The number of aryl methyl sites for hydroxylation is 1. The molecule has 1 aliphatic rings. The highest BCUT2D eigenvalue weighted by molar-refractivity contribution is 6.30. The average Bonchev–Trinajstić information content (AvgIpc) is 2.61. The maximum absolute atomic E-state index is 12.3. The lowest BCUT2D eigenvalue weighted by Gasteiger charge is -2.22. The molecule has 3 rings (SSSR count). The number of nitrogens with one attached hydrogen (secondary N) is 2. The fourth-order valence-corrected chi connectivity index (χ4v) is 3.05. The van der Waals surface area contributed by atoms with Crippen molar-refractivity contribution < 1.29 is 9.59 Å². The molecule has 2 heterocycles. The molecule has 7 heteroatoms. The first-order chi connectivity index (χ1) is 12.4. The fraction of sp³-hybridized carbons (Fsp3) is 0.316. The third kappa shape index (κ3) is 4.32. The van der Waals surface area contributed by atoms with E-state index in [0.29, 0.717) is 17.3 Å². The minimum Gasteiger partial charge on any atom is -0.350 e. The Labute approximate surface area is 157 Å². The second-order valence-corrected chi connectivity index (χ2v) is 6.88. The molecule has 1 atom stereocenters. The summed E-state index contributed by atoms with van der Waals surface area (Å²) in [6.45, 7) is 2.14. The number of carbonyl (C=O) groups is 2. The van der Waals surface area contributed by atoms with Crippen LogP contribution < -0.4 is 15.5 Å². The van der Waals surface area contributed by atoms with Crippen molar-refractivity contribution in [3.8, 4) is 0 Å². The predicted octanol–water partition coefficient (Wildman–Crippen LogP) is 2.93. The lowest BCUT2D eigenvalue weighted by molar-refractivity contribution is -0.120. The van der Waals surface area contributed by atoms with E-state index in [1.807, 2.05) is 32.2 Å². The highest BCUT2D eigenvalue weighted by atomic mass is 35.5. The number of aromatic nitrogens is 1. The van der Waals surface area contributed by atoms with Crippen LogP contribution in [0.5, 0.6) is 0 Å². The van der Waals surface area contributed by atoms with Crippen molar-refractivity contribution in [2.75, 3.05) is 23.8 Å². The highest BCUT2D eigenvalue weighted by Crippen LogP contribution is 2.26. The molecule has 0 bridgehead atoms. The van der Waals surface area contributed by atoms with Gasteiger partial charge < -0.3 is 15.5 Å². The van der Waals surface area contributed by atoms with Gasteiger partial charge in [-0.2, -0.15) is 0 Å². The summed E-state index contributed by atoms with van der Waals surface area (Å²) in [6, 6.07) is 9.26. The van der Waals surface area contributed by atoms with Gasteiger partial charge in [-0.3, -0.25) is 9.59 Å². The maximum Gasteiger partial charge on any atom is 0.240 e.